The second kappa shape index (κ2) is 7.02. The molecule has 0 bridgehead atoms. The van der Waals surface area contributed by atoms with Crippen molar-refractivity contribution in [3.8, 4) is 0 Å². The number of nitrogens with one attached hydrogen (secondary N) is 1. The van der Waals surface area contributed by atoms with E-state index in [-0.39, 0.29) is 13.0 Å². The largest absolute Gasteiger partial charge is 0.480 e. The summed E-state index contributed by atoms with van der Waals surface area (Å²) in [6, 6.07) is -1.10. The SMILES string of the molecule is CCCc1nnsc1C(=O)NC(CCO)C(=O)O. The lowest BCUT2D eigenvalue weighted by atomic mass is 10.2. The van der Waals surface area contributed by atoms with E-state index in [4.69, 9.17) is 10.2 Å². The maximum absolute atomic E-state index is 11.9. The van der Waals surface area contributed by atoms with E-state index >= 15 is 0 Å². The smallest absolute Gasteiger partial charge is 0.326 e. The Labute approximate surface area is 108 Å². The number of aliphatic carboxylic acids is 1. The van der Waals surface area contributed by atoms with E-state index in [0.29, 0.717) is 17.0 Å². The van der Waals surface area contributed by atoms with Gasteiger partial charge in [0.15, 0.2) is 0 Å². The van der Waals surface area contributed by atoms with Crippen molar-refractivity contribution in [1.82, 2.24) is 14.9 Å². The average molecular weight is 273 g/mol. The second-order valence-electron chi connectivity index (χ2n) is 3.68. The molecule has 1 atom stereocenters. The first-order valence-corrected chi connectivity index (χ1v) is 6.33. The van der Waals surface area contributed by atoms with Gasteiger partial charge in [-0.25, -0.2) is 4.79 Å². The van der Waals surface area contributed by atoms with Crippen molar-refractivity contribution >= 4 is 23.4 Å². The molecule has 0 aliphatic rings. The molecule has 1 aromatic heterocycles. The predicted molar refractivity (Wildman–Crippen MR) is 64.5 cm³/mol. The zero-order valence-corrected chi connectivity index (χ0v) is 10.7. The van der Waals surface area contributed by atoms with Crippen LogP contribution in [0.25, 0.3) is 0 Å². The van der Waals surface area contributed by atoms with Gasteiger partial charge in [-0.1, -0.05) is 17.8 Å². The lowest BCUT2D eigenvalue weighted by molar-refractivity contribution is -0.139. The number of carbonyl (C=O) groups excluding carboxylic acids is 1. The summed E-state index contributed by atoms with van der Waals surface area (Å²) in [6.45, 7) is 1.65. The summed E-state index contributed by atoms with van der Waals surface area (Å²) in [7, 11) is 0. The fraction of sp³-hybridized carbons (Fsp3) is 0.600. The number of aromatic nitrogens is 2. The summed E-state index contributed by atoms with van der Waals surface area (Å²) >= 11 is 0.941. The van der Waals surface area contributed by atoms with Gasteiger partial charge in [-0.05, 0) is 18.0 Å². The molecule has 1 amide bonds. The molecule has 0 saturated carbocycles. The third-order valence-corrected chi connectivity index (χ3v) is 3.04. The van der Waals surface area contributed by atoms with Crippen LogP contribution < -0.4 is 5.32 Å². The first kappa shape index (κ1) is 14.5. The van der Waals surface area contributed by atoms with E-state index in [0.717, 1.165) is 18.0 Å². The average Bonchev–Trinajstić information content (AvgIpc) is 2.77. The van der Waals surface area contributed by atoms with E-state index in [1.165, 1.54) is 0 Å². The topological polar surface area (TPSA) is 112 Å². The first-order chi connectivity index (χ1) is 8.60. The van der Waals surface area contributed by atoms with Gasteiger partial charge in [0.1, 0.15) is 10.9 Å². The summed E-state index contributed by atoms with van der Waals surface area (Å²) in [5.41, 5.74) is 0.577. The molecule has 1 rings (SSSR count). The number of hydrogen-bond acceptors (Lipinski definition) is 6. The van der Waals surface area contributed by atoms with Crippen LogP contribution in [0.15, 0.2) is 0 Å². The highest BCUT2D eigenvalue weighted by atomic mass is 32.1. The Morgan fingerprint density at radius 1 is 1.50 bits per heavy atom. The third-order valence-electron chi connectivity index (χ3n) is 2.27. The van der Waals surface area contributed by atoms with Crippen LogP contribution in [-0.4, -0.2) is 44.3 Å². The summed E-state index contributed by atoms with van der Waals surface area (Å²) in [5, 5.41) is 23.8. The highest BCUT2D eigenvalue weighted by molar-refractivity contribution is 7.08. The molecule has 0 aliphatic heterocycles. The summed E-state index contributed by atoms with van der Waals surface area (Å²) in [6.07, 6.45) is 1.41. The van der Waals surface area contributed by atoms with E-state index in [1.54, 1.807) is 0 Å². The van der Waals surface area contributed by atoms with Crippen molar-refractivity contribution in [2.24, 2.45) is 0 Å². The fourth-order valence-electron chi connectivity index (χ4n) is 1.39. The highest BCUT2D eigenvalue weighted by Crippen LogP contribution is 2.12. The standard InChI is InChI=1S/C10H15N3O4S/c1-2-3-6-8(18-13-12-6)9(15)11-7(4-5-14)10(16)17/h7,14H,2-5H2,1H3,(H,11,15)(H,16,17). The number of nitrogens with zero attached hydrogens (tertiary/aromatic N) is 2. The molecule has 1 heterocycles. The molecule has 0 aliphatic carbocycles. The molecule has 7 nitrogen and oxygen atoms in total. The number of rotatable bonds is 7. The van der Waals surface area contributed by atoms with Crippen LogP contribution >= 0.6 is 11.5 Å². The monoisotopic (exact) mass is 273 g/mol. The van der Waals surface area contributed by atoms with Crippen LogP contribution in [-0.2, 0) is 11.2 Å². The van der Waals surface area contributed by atoms with Crippen LogP contribution in [0, 0.1) is 0 Å². The number of amides is 1. The molecule has 100 valence electrons. The van der Waals surface area contributed by atoms with Gasteiger partial charge < -0.3 is 15.5 Å². The van der Waals surface area contributed by atoms with Crippen molar-refractivity contribution < 1.29 is 19.8 Å². The number of carbonyl (C=O) groups is 2. The molecule has 18 heavy (non-hydrogen) atoms. The second-order valence-corrected chi connectivity index (χ2v) is 4.43. The summed E-state index contributed by atoms with van der Waals surface area (Å²) in [4.78, 5) is 23.1. The minimum Gasteiger partial charge on any atom is -0.480 e. The van der Waals surface area contributed by atoms with E-state index in [1.807, 2.05) is 6.92 Å². The van der Waals surface area contributed by atoms with Crippen molar-refractivity contribution in [3.05, 3.63) is 10.6 Å². The van der Waals surface area contributed by atoms with Crippen molar-refractivity contribution in [1.29, 1.82) is 0 Å². The molecule has 1 aromatic rings. The third kappa shape index (κ3) is 3.74. The number of aliphatic hydroxyl groups excluding tert-OH is 1. The normalized spacial score (nSPS) is 12.1. The predicted octanol–water partition coefficient (Wildman–Crippen LogP) is 0.0560. The Kier molecular flexibility index (Phi) is 5.66. The fourth-order valence-corrected chi connectivity index (χ4v) is 2.00. The van der Waals surface area contributed by atoms with Gasteiger partial charge in [0.05, 0.1) is 5.69 Å². The van der Waals surface area contributed by atoms with Crippen molar-refractivity contribution in [2.75, 3.05) is 6.61 Å². The Morgan fingerprint density at radius 3 is 2.78 bits per heavy atom. The van der Waals surface area contributed by atoms with Crippen LogP contribution in [0.5, 0.6) is 0 Å². The van der Waals surface area contributed by atoms with E-state index < -0.39 is 17.9 Å². The lowest BCUT2D eigenvalue weighted by Gasteiger charge is -2.12. The maximum atomic E-state index is 11.9. The van der Waals surface area contributed by atoms with Gasteiger partial charge in [0, 0.05) is 13.0 Å². The first-order valence-electron chi connectivity index (χ1n) is 5.55. The molecule has 0 fully saturated rings. The van der Waals surface area contributed by atoms with E-state index in [2.05, 4.69) is 14.9 Å². The van der Waals surface area contributed by atoms with Crippen LogP contribution in [0.2, 0.25) is 0 Å². The molecular formula is C10H15N3O4S. The van der Waals surface area contributed by atoms with Gasteiger partial charge >= 0.3 is 5.97 Å². The van der Waals surface area contributed by atoms with Crippen LogP contribution in [0.4, 0.5) is 0 Å². The number of carboxylic acid groups (broad SMARTS) is 1. The zero-order valence-electron chi connectivity index (χ0n) is 9.92. The van der Waals surface area contributed by atoms with Crippen molar-refractivity contribution in [3.63, 3.8) is 0 Å². The highest BCUT2D eigenvalue weighted by Gasteiger charge is 2.23. The van der Waals surface area contributed by atoms with Gasteiger partial charge in [0.25, 0.3) is 5.91 Å². The Bertz CT molecular complexity index is 421. The molecular weight excluding hydrogens is 258 g/mol. The Balaban J connectivity index is 2.74. The zero-order chi connectivity index (χ0) is 13.5. The molecule has 8 heteroatoms. The van der Waals surface area contributed by atoms with Crippen molar-refractivity contribution in [2.45, 2.75) is 32.2 Å². The maximum Gasteiger partial charge on any atom is 0.326 e. The Morgan fingerprint density at radius 2 is 2.22 bits per heavy atom. The quantitative estimate of drug-likeness (QED) is 0.647. The van der Waals surface area contributed by atoms with Crippen LogP contribution in [0.1, 0.15) is 35.1 Å². The molecule has 0 radical (unpaired) electrons. The molecule has 0 aromatic carbocycles. The van der Waals surface area contributed by atoms with Crippen LogP contribution in [0.3, 0.4) is 0 Å². The lowest BCUT2D eigenvalue weighted by Crippen LogP contribution is -2.41. The number of aliphatic hydroxyl groups is 1. The minimum atomic E-state index is -1.17. The van der Waals surface area contributed by atoms with Gasteiger partial charge in [-0.2, -0.15) is 0 Å². The number of carboxylic acids is 1. The number of aryl methyl sites for hydroxylation is 1. The Hall–Kier alpha value is -1.54. The van der Waals surface area contributed by atoms with Gasteiger partial charge in [0.2, 0.25) is 0 Å². The molecule has 1 unspecified atom stereocenters. The molecule has 0 spiro atoms. The molecule has 3 N–H and O–H groups in total. The molecule has 0 saturated heterocycles. The minimum absolute atomic E-state index is 0.0313. The van der Waals surface area contributed by atoms with Gasteiger partial charge in [-0.3, -0.25) is 4.79 Å². The summed E-state index contributed by atoms with van der Waals surface area (Å²) in [5.74, 6) is -1.68. The summed E-state index contributed by atoms with van der Waals surface area (Å²) < 4.78 is 3.69. The van der Waals surface area contributed by atoms with E-state index in [9.17, 15) is 9.59 Å². The number of hydrogen-bond donors (Lipinski definition) is 3. The van der Waals surface area contributed by atoms with Gasteiger partial charge in [-0.15, -0.1) is 5.10 Å².